The Kier molecular flexibility index (Phi) is 6.18. The van der Waals surface area contributed by atoms with Gasteiger partial charge in [0.2, 0.25) is 0 Å². The molecule has 52 heavy (non-hydrogen) atoms. The second-order valence-corrected chi connectivity index (χ2v) is 13.3. The number of benzene rings is 8. The van der Waals surface area contributed by atoms with E-state index in [2.05, 4.69) is 174 Å². The van der Waals surface area contributed by atoms with Gasteiger partial charge in [-0.25, -0.2) is 15.0 Å². The van der Waals surface area contributed by atoms with Crippen LogP contribution < -0.4 is 0 Å². The molecule has 0 fully saturated rings. The SMILES string of the molecule is c1ccc2cc(-c3nc(-c4ccc5ccccc5c4)nc(-c4ccc5c(c4)oc4cc(-n6c7ccccc7c7ccccc76)ccc45)n3)ccc2c1. The van der Waals surface area contributed by atoms with Gasteiger partial charge in [-0.3, -0.25) is 0 Å². The second kappa shape index (κ2) is 11.2. The Balaban J connectivity index is 1.07. The summed E-state index contributed by atoms with van der Waals surface area (Å²) in [5, 5.41) is 9.20. The van der Waals surface area contributed by atoms with Gasteiger partial charge in [-0.15, -0.1) is 0 Å². The predicted octanol–water partition coefficient (Wildman–Crippen LogP) is 12.2. The molecule has 0 saturated carbocycles. The highest BCUT2D eigenvalue weighted by molar-refractivity contribution is 6.10. The van der Waals surface area contributed by atoms with E-state index in [9.17, 15) is 0 Å². The third kappa shape index (κ3) is 4.53. The fourth-order valence-electron chi connectivity index (χ4n) is 7.66. The normalized spacial score (nSPS) is 11.8. The van der Waals surface area contributed by atoms with E-state index < -0.39 is 0 Å². The van der Waals surface area contributed by atoms with Gasteiger partial charge >= 0.3 is 0 Å². The summed E-state index contributed by atoms with van der Waals surface area (Å²) in [4.78, 5) is 15.2. The smallest absolute Gasteiger partial charge is 0.164 e. The summed E-state index contributed by atoms with van der Waals surface area (Å²) in [6, 6.07) is 59.3. The fraction of sp³-hybridized carbons (Fsp3) is 0. The Hall–Kier alpha value is -7.11. The van der Waals surface area contributed by atoms with E-state index in [-0.39, 0.29) is 0 Å². The van der Waals surface area contributed by atoms with Crippen LogP contribution in [0.1, 0.15) is 0 Å². The molecule has 0 amide bonds. The number of fused-ring (bicyclic) bond motifs is 8. The van der Waals surface area contributed by atoms with Crippen LogP contribution in [-0.4, -0.2) is 19.5 Å². The van der Waals surface area contributed by atoms with E-state index in [1.54, 1.807) is 0 Å². The lowest BCUT2D eigenvalue weighted by atomic mass is 10.1. The predicted molar refractivity (Wildman–Crippen MR) is 213 cm³/mol. The molecule has 8 aromatic carbocycles. The summed E-state index contributed by atoms with van der Waals surface area (Å²) in [6.07, 6.45) is 0. The van der Waals surface area contributed by atoms with Crippen molar-refractivity contribution in [2.24, 2.45) is 0 Å². The van der Waals surface area contributed by atoms with Crippen molar-refractivity contribution in [2.75, 3.05) is 0 Å². The summed E-state index contributed by atoms with van der Waals surface area (Å²) in [7, 11) is 0. The number of rotatable bonds is 4. The van der Waals surface area contributed by atoms with E-state index in [1.807, 2.05) is 0 Å². The molecule has 0 bridgehead atoms. The first-order chi connectivity index (χ1) is 25.7. The molecule has 0 aliphatic rings. The largest absolute Gasteiger partial charge is 0.456 e. The molecule has 0 spiro atoms. The van der Waals surface area contributed by atoms with Gasteiger partial charge in [0.05, 0.1) is 11.0 Å². The minimum absolute atomic E-state index is 0.592. The van der Waals surface area contributed by atoms with Crippen molar-refractivity contribution in [2.45, 2.75) is 0 Å². The minimum atomic E-state index is 0.592. The topological polar surface area (TPSA) is 56.7 Å². The van der Waals surface area contributed by atoms with Gasteiger partial charge in [-0.05, 0) is 70.1 Å². The number of furan rings is 1. The maximum Gasteiger partial charge on any atom is 0.164 e. The average molecular weight is 665 g/mol. The van der Waals surface area contributed by atoms with E-state index >= 15 is 0 Å². The molecular formula is C47H28N4O. The van der Waals surface area contributed by atoms with Crippen molar-refractivity contribution >= 4 is 65.3 Å². The van der Waals surface area contributed by atoms with E-state index in [0.717, 1.165) is 55.1 Å². The molecule has 5 heteroatoms. The van der Waals surface area contributed by atoms with Crippen LogP contribution in [0.3, 0.4) is 0 Å². The highest BCUT2D eigenvalue weighted by atomic mass is 16.3. The summed E-state index contributed by atoms with van der Waals surface area (Å²) in [5.74, 6) is 1.84. The number of aromatic nitrogens is 4. The van der Waals surface area contributed by atoms with Crippen molar-refractivity contribution in [1.29, 1.82) is 0 Å². The van der Waals surface area contributed by atoms with Crippen LogP contribution >= 0.6 is 0 Å². The Morgan fingerprint density at radius 2 is 0.788 bits per heavy atom. The summed E-state index contributed by atoms with van der Waals surface area (Å²) in [5.41, 5.74) is 7.74. The lowest BCUT2D eigenvalue weighted by Crippen LogP contribution is -2.00. The highest BCUT2D eigenvalue weighted by Crippen LogP contribution is 2.37. The van der Waals surface area contributed by atoms with Crippen LogP contribution in [-0.2, 0) is 0 Å². The zero-order valence-electron chi connectivity index (χ0n) is 27.9. The molecule has 0 saturated heterocycles. The van der Waals surface area contributed by atoms with Gasteiger partial charge in [0.25, 0.3) is 0 Å². The minimum Gasteiger partial charge on any atom is -0.456 e. The summed E-state index contributed by atoms with van der Waals surface area (Å²) >= 11 is 0. The number of nitrogens with zero attached hydrogens (tertiary/aromatic N) is 4. The van der Waals surface area contributed by atoms with Crippen molar-refractivity contribution in [3.63, 3.8) is 0 Å². The third-order valence-corrected chi connectivity index (χ3v) is 10.2. The molecule has 11 rings (SSSR count). The summed E-state index contributed by atoms with van der Waals surface area (Å²) in [6.45, 7) is 0. The molecule has 0 aliphatic carbocycles. The molecule has 11 aromatic rings. The number of hydrogen-bond acceptors (Lipinski definition) is 4. The second-order valence-electron chi connectivity index (χ2n) is 13.3. The molecular weight excluding hydrogens is 637 g/mol. The Morgan fingerprint density at radius 3 is 1.37 bits per heavy atom. The molecule has 3 heterocycles. The van der Waals surface area contributed by atoms with Crippen LogP contribution in [0.15, 0.2) is 174 Å². The monoisotopic (exact) mass is 664 g/mol. The molecule has 3 aromatic heterocycles. The Labute approximate surface area is 298 Å². The first-order valence-corrected chi connectivity index (χ1v) is 17.4. The quantitative estimate of drug-likeness (QED) is 0.188. The van der Waals surface area contributed by atoms with Crippen LogP contribution in [0.2, 0.25) is 0 Å². The average Bonchev–Trinajstić information content (AvgIpc) is 3.75. The molecule has 0 unspecified atom stereocenters. The summed E-state index contributed by atoms with van der Waals surface area (Å²) < 4.78 is 8.93. The first kappa shape index (κ1) is 28.7. The zero-order chi connectivity index (χ0) is 34.2. The van der Waals surface area contributed by atoms with Gasteiger partial charge < -0.3 is 8.98 Å². The highest BCUT2D eigenvalue weighted by Gasteiger charge is 2.17. The molecule has 0 aliphatic heterocycles. The van der Waals surface area contributed by atoms with Gasteiger partial charge in [0.15, 0.2) is 17.5 Å². The van der Waals surface area contributed by atoms with Crippen molar-refractivity contribution in [3.05, 3.63) is 170 Å². The first-order valence-electron chi connectivity index (χ1n) is 17.4. The Bertz CT molecular complexity index is 3060. The zero-order valence-corrected chi connectivity index (χ0v) is 27.9. The van der Waals surface area contributed by atoms with Gasteiger partial charge in [0.1, 0.15) is 11.2 Å². The van der Waals surface area contributed by atoms with Gasteiger partial charge in [-0.1, -0.05) is 115 Å². The lowest BCUT2D eigenvalue weighted by Gasteiger charge is -2.10. The lowest BCUT2D eigenvalue weighted by molar-refractivity contribution is 0.668. The van der Waals surface area contributed by atoms with Gasteiger partial charge in [0, 0.05) is 50.0 Å². The molecule has 0 N–H and O–H groups in total. The van der Waals surface area contributed by atoms with Crippen molar-refractivity contribution < 1.29 is 4.42 Å². The number of para-hydroxylation sites is 2. The van der Waals surface area contributed by atoms with Crippen LogP contribution in [0.5, 0.6) is 0 Å². The van der Waals surface area contributed by atoms with Crippen molar-refractivity contribution in [1.82, 2.24) is 19.5 Å². The van der Waals surface area contributed by atoms with Crippen LogP contribution in [0.25, 0.3) is 105 Å². The maximum atomic E-state index is 6.62. The third-order valence-electron chi connectivity index (χ3n) is 10.2. The maximum absolute atomic E-state index is 6.62. The van der Waals surface area contributed by atoms with E-state index in [4.69, 9.17) is 19.4 Å². The molecule has 0 radical (unpaired) electrons. The standard InChI is InChI=1S/C47H28N4O/c1-3-11-31-25-33(19-17-29(31)9-1)45-48-46(34-20-18-30-10-2-4-12-32(30)26-34)50-47(49-45)35-21-23-39-40-24-22-36(28-44(40)52-43(39)27-35)51-41-15-7-5-13-37(41)38-14-6-8-16-42(38)51/h1-28H. The van der Waals surface area contributed by atoms with E-state index in [1.165, 1.54) is 32.6 Å². The van der Waals surface area contributed by atoms with E-state index in [0.29, 0.717) is 17.5 Å². The number of hydrogen-bond donors (Lipinski definition) is 0. The van der Waals surface area contributed by atoms with Crippen LogP contribution in [0, 0.1) is 0 Å². The molecule has 242 valence electrons. The van der Waals surface area contributed by atoms with Gasteiger partial charge in [-0.2, -0.15) is 0 Å². The molecule has 0 atom stereocenters. The Morgan fingerprint density at radius 1 is 0.346 bits per heavy atom. The fourth-order valence-corrected chi connectivity index (χ4v) is 7.66. The molecule has 5 nitrogen and oxygen atoms in total. The van der Waals surface area contributed by atoms with Crippen LogP contribution in [0.4, 0.5) is 0 Å². The van der Waals surface area contributed by atoms with Crippen molar-refractivity contribution in [3.8, 4) is 39.9 Å².